The fourth-order valence-electron chi connectivity index (χ4n) is 3.58. The molecule has 0 unspecified atom stereocenters. The molecule has 0 spiro atoms. The van der Waals surface area contributed by atoms with Crippen LogP contribution in [0.3, 0.4) is 0 Å². The Morgan fingerprint density at radius 1 is 0.964 bits per heavy atom. The number of aryl methyl sites for hydroxylation is 1. The van der Waals surface area contributed by atoms with Gasteiger partial charge in [0.05, 0.1) is 4.90 Å². The van der Waals surface area contributed by atoms with Crippen LogP contribution in [0.2, 0.25) is 0 Å². The predicted molar refractivity (Wildman–Crippen MR) is 110 cm³/mol. The number of anilines is 2. The van der Waals surface area contributed by atoms with Crippen molar-refractivity contribution >= 4 is 27.3 Å². The lowest BCUT2D eigenvalue weighted by atomic mass is 10.2. The predicted octanol–water partition coefficient (Wildman–Crippen LogP) is 2.85. The van der Waals surface area contributed by atoms with Crippen LogP contribution in [0.4, 0.5) is 11.4 Å². The first-order valence-corrected chi connectivity index (χ1v) is 11.1. The molecule has 4 rings (SSSR count). The first-order valence-electron chi connectivity index (χ1n) is 9.66. The van der Waals surface area contributed by atoms with E-state index < -0.39 is 10.0 Å². The number of nitrogens with zero attached hydrogens (tertiary/aromatic N) is 2. The highest BCUT2D eigenvalue weighted by Crippen LogP contribution is 2.31. The van der Waals surface area contributed by atoms with Crippen molar-refractivity contribution in [3.63, 3.8) is 0 Å². The average Bonchev–Trinajstić information content (AvgIpc) is 3.53. The maximum Gasteiger partial charge on any atom is 0.262 e. The van der Waals surface area contributed by atoms with Crippen molar-refractivity contribution in [3.8, 4) is 0 Å². The topological polar surface area (TPSA) is 69.7 Å². The largest absolute Gasteiger partial charge is 0.368 e. The molecule has 1 N–H and O–H groups in total. The quantitative estimate of drug-likeness (QED) is 0.839. The highest BCUT2D eigenvalue weighted by molar-refractivity contribution is 7.92. The van der Waals surface area contributed by atoms with Crippen LogP contribution >= 0.6 is 0 Å². The molecule has 2 aromatic carbocycles. The second-order valence-electron chi connectivity index (χ2n) is 7.50. The number of carbonyl (C=O) groups is 1. The highest BCUT2D eigenvalue weighted by atomic mass is 32.2. The average molecular weight is 400 g/mol. The Morgan fingerprint density at radius 3 is 2.21 bits per heavy atom. The normalized spacial score (nSPS) is 17.5. The molecule has 0 aromatic heterocycles. The molecular formula is C21H25N3O3S. The van der Waals surface area contributed by atoms with E-state index in [9.17, 15) is 13.2 Å². The van der Waals surface area contributed by atoms with Gasteiger partial charge in [-0.15, -0.1) is 0 Å². The summed E-state index contributed by atoms with van der Waals surface area (Å²) in [7, 11) is -3.61. The minimum Gasteiger partial charge on any atom is -0.368 e. The molecule has 7 heteroatoms. The first kappa shape index (κ1) is 18.8. The van der Waals surface area contributed by atoms with Crippen molar-refractivity contribution in [3.05, 3.63) is 54.1 Å². The SMILES string of the molecule is Cc1ccccc1S(=O)(=O)Nc1ccc(N2CCN(C(=O)C3CC3)CC2)cc1. The van der Waals surface area contributed by atoms with Gasteiger partial charge in [0.15, 0.2) is 0 Å². The lowest BCUT2D eigenvalue weighted by Gasteiger charge is -2.36. The number of benzene rings is 2. The third-order valence-corrected chi connectivity index (χ3v) is 6.93. The fourth-order valence-corrected chi connectivity index (χ4v) is 4.89. The van der Waals surface area contributed by atoms with E-state index >= 15 is 0 Å². The summed E-state index contributed by atoms with van der Waals surface area (Å²) in [5, 5.41) is 0. The third kappa shape index (κ3) is 3.99. The number of rotatable bonds is 5. The van der Waals surface area contributed by atoms with E-state index in [-0.39, 0.29) is 10.8 Å². The molecule has 1 amide bonds. The molecule has 0 bridgehead atoms. The molecule has 2 fully saturated rings. The Morgan fingerprint density at radius 2 is 1.61 bits per heavy atom. The summed E-state index contributed by atoms with van der Waals surface area (Å²) in [4.78, 5) is 16.7. The van der Waals surface area contributed by atoms with Gasteiger partial charge in [-0.3, -0.25) is 9.52 Å². The Bertz CT molecular complexity index is 961. The van der Waals surface area contributed by atoms with Crippen molar-refractivity contribution < 1.29 is 13.2 Å². The van der Waals surface area contributed by atoms with Crippen LogP contribution in [-0.4, -0.2) is 45.4 Å². The van der Waals surface area contributed by atoms with E-state index in [4.69, 9.17) is 0 Å². The number of carbonyl (C=O) groups excluding carboxylic acids is 1. The van der Waals surface area contributed by atoms with Gasteiger partial charge in [0.2, 0.25) is 5.91 Å². The van der Waals surface area contributed by atoms with Crippen LogP contribution in [0.1, 0.15) is 18.4 Å². The summed E-state index contributed by atoms with van der Waals surface area (Å²) in [6.45, 7) is 4.87. The lowest BCUT2D eigenvalue weighted by molar-refractivity contribution is -0.132. The smallest absolute Gasteiger partial charge is 0.262 e. The molecule has 0 atom stereocenters. The van der Waals surface area contributed by atoms with Gasteiger partial charge in [0, 0.05) is 43.5 Å². The molecule has 6 nitrogen and oxygen atoms in total. The van der Waals surface area contributed by atoms with E-state index in [2.05, 4.69) is 9.62 Å². The molecular weight excluding hydrogens is 374 g/mol. The molecule has 1 saturated carbocycles. The van der Waals surface area contributed by atoms with Gasteiger partial charge in [-0.2, -0.15) is 0 Å². The molecule has 28 heavy (non-hydrogen) atoms. The first-order chi connectivity index (χ1) is 13.4. The van der Waals surface area contributed by atoms with Gasteiger partial charge in [-0.25, -0.2) is 8.42 Å². The van der Waals surface area contributed by atoms with Crippen LogP contribution in [-0.2, 0) is 14.8 Å². The monoisotopic (exact) mass is 399 g/mol. The van der Waals surface area contributed by atoms with Gasteiger partial charge >= 0.3 is 0 Å². The van der Waals surface area contributed by atoms with Gasteiger partial charge in [0.1, 0.15) is 0 Å². The van der Waals surface area contributed by atoms with Crippen molar-refractivity contribution in [1.29, 1.82) is 0 Å². The number of hydrogen-bond donors (Lipinski definition) is 1. The van der Waals surface area contributed by atoms with Crippen molar-refractivity contribution in [2.24, 2.45) is 5.92 Å². The van der Waals surface area contributed by atoms with Gasteiger partial charge in [-0.1, -0.05) is 18.2 Å². The van der Waals surface area contributed by atoms with E-state index in [0.717, 1.165) is 44.7 Å². The van der Waals surface area contributed by atoms with E-state index in [1.54, 1.807) is 37.3 Å². The highest BCUT2D eigenvalue weighted by Gasteiger charge is 2.34. The number of sulfonamides is 1. The molecule has 1 aliphatic carbocycles. The summed E-state index contributed by atoms with van der Waals surface area (Å²) in [5.41, 5.74) is 2.29. The summed E-state index contributed by atoms with van der Waals surface area (Å²) in [6.07, 6.45) is 2.08. The molecule has 1 aliphatic heterocycles. The fraction of sp³-hybridized carbons (Fsp3) is 0.381. The van der Waals surface area contributed by atoms with Crippen LogP contribution in [0, 0.1) is 12.8 Å². The Balaban J connectivity index is 1.39. The second kappa shape index (κ2) is 7.47. The maximum atomic E-state index is 12.6. The molecule has 0 radical (unpaired) electrons. The summed E-state index contributed by atoms with van der Waals surface area (Å²) >= 11 is 0. The zero-order valence-corrected chi connectivity index (χ0v) is 16.8. The van der Waals surface area contributed by atoms with Gasteiger partial charge in [-0.05, 0) is 55.7 Å². The van der Waals surface area contributed by atoms with Crippen molar-refractivity contribution in [2.75, 3.05) is 35.8 Å². The summed E-state index contributed by atoms with van der Waals surface area (Å²) < 4.78 is 27.9. The molecule has 2 aliphatic rings. The number of hydrogen-bond acceptors (Lipinski definition) is 4. The molecule has 148 valence electrons. The minimum absolute atomic E-state index is 0.270. The van der Waals surface area contributed by atoms with Crippen molar-refractivity contribution in [1.82, 2.24) is 4.90 Å². The van der Waals surface area contributed by atoms with Crippen LogP contribution < -0.4 is 9.62 Å². The summed E-state index contributed by atoms with van der Waals surface area (Å²) in [6, 6.07) is 14.3. The standard InChI is InChI=1S/C21H25N3O3S/c1-16-4-2-3-5-20(16)28(26,27)22-18-8-10-19(11-9-18)23-12-14-24(15-13-23)21(25)17-6-7-17/h2-5,8-11,17,22H,6-7,12-15H2,1H3. The Kier molecular flexibility index (Phi) is 5.02. The van der Waals surface area contributed by atoms with E-state index in [1.165, 1.54) is 0 Å². The van der Waals surface area contributed by atoms with E-state index in [1.807, 2.05) is 23.1 Å². The number of amides is 1. The number of piperazine rings is 1. The van der Waals surface area contributed by atoms with Crippen LogP contribution in [0.15, 0.2) is 53.4 Å². The second-order valence-corrected chi connectivity index (χ2v) is 9.16. The molecule has 1 heterocycles. The Hall–Kier alpha value is -2.54. The lowest BCUT2D eigenvalue weighted by Crippen LogP contribution is -2.49. The Labute approximate surface area is 166 Å². The van der Waals surface area contributed by atoms with Crippen LogP contribution in [0.25, 0.3) is 0 Å². The zero-order valence-electron chi connectivity index (χ0n) is 16.0. The van der Waals surface area contributed by atoms with E-state index in [0.29, 0.717) is 17.2 Å². The zero-order chi connectivity index (χ0) is 19.7. The minimum atomic E-state index is -3.61. The van der Waals surface area contributed by atoms with Crippen molar-refractivity contribution in [2.45, 2.75) is 24.7 Å². The maximum absolute atomic E-state index is 12.6. The summed E-state index contributed by atoms with van der Waals surface area (Å²) in [5.74, 6) is 0.577. The third-order valence-electron chi connectivity index (χ3n) is 5.39. The number of nitrogens with one attached hydrogen (secondary N) is 1. The molecule has 2 aromatic rings. The van der Waals surface area contributed by atoms with Gasteiger partial charge in [0.25, 0.3) is 10.0 Å². The van der Waals surface area contributed by atoms with Gasteiger partial charge < -0.3 is 9.80 Å². The molecule has 1 saturated heterocycles. The van der Waals surface area contributed by atoms with Crippen LogP contribution in [0.5, 0.6) is 0 Å².